The molecule has 2 N–H and O–H groups in total. The fourth-order valence-electron chi connectivity index (χ4n) is 1.91. The van der Waals surface area contributed by atoms with Gasteiger partial charge in [-0.15, -0.1) is 0 Å². The van der Waals surface area contributed by atoms with Crippen LogP contribution < -0.4 is 10.5 Å². The van der Waals surface area contributed by atoms with Crippen LogP contribution in [0.3, 0.4) is 0 Å². The summed E-state index contributed by atoms with van der Waals surface area (Å²) in [5.41, 5.74) is 9.00. The van der Waals surface area contributed by atoms with E-state index in [0.717, 1.165) is 22.4 Å². The molecule has 0 radical (unpaired) electrons. The maximum absolute atomic E-state index is 10.2. The van der Waals surface area contributed by atoms with Gasteiger partial charge in [0.15, 0.2) is 0 Å². The Morgan fingerprint density at radius 1 is 1.32 bits per heavy atom. The number of methoxy groups -OCH3 is 1. The highest BCUT2D eigenvalue weighted by Crippen LogP contribution is 2.36. The normalized spacial score (nSPS) is 11.9. The summed E-state index contributed by atoms with van der Waals surface area (Å²) in [5, 5.41) is 3.99. The third-order valence-corrected chi connectivity index (χ3v) is 3.59. The standard InChI is InChI=1S/C14H15NO3S/c1-17-14-5-3-2-4-10(14)11-7-19-8-12(11)13(15)6-18-9-16/h2-5,7-9,13H,6,15H2,1H3. The first-order valence-corrected chi connectivity index (χ1v) is 6.72. The molecule has 0 saturated carbocycles. The lowest BCUT2D eigenvalue weighted by Crippen LogP contribution is -2.16. The zero-order valence-corrected chi connectivity index (χ0v) is 11.4. The number of para-hydroxylation sites is 1. The molecule has 0 aliphatic heterocycles. The number of benzene rings is 1. The summed E-state index contributed by atoms with van der Waals surface area (Å²) in [6.45, 7) is 0.581. The van der Waals surface area contributed by atoms with Crippen molar-refractivity contribution in [1.29, 1.82) is 0 Å². The number of carbonyl (C=O) groups is 1. The molecule has 1 heterocycles. The summed E-state index contributed by atoms with van der Waals surface area (Å²) in [6.07, 6.45) is 0. The van der Waals surface area contributed by atoms with Gasteiger partial charge in [-0.3, -0.25) is 4.79 Å². The van der Waals surface area contributed by atoms with Gasteiger partial charge in [0.2, 0.25) is 0 Å². The Hall–Kier alpha value is -1.85. The Kier molecular flexibility index (Phi) is 4.54. The molecular formula is C14H15NO3S. The summed E-state index contributed by atoms with van der Waals surface area (Å²) in [5.74, 6) is 0.797. The minimum absolute atomic E-state index is 0.169. The summed E-state index contributed by atoms with van der Waals surface area (Å²) >= 11 is 1.56. The molecule has 0 fully saturated rings. The zero-order valence-electron chi connectivity index (χ0n) is 10.5. The lowest BCUT2D eigenvalue weighted by molar-refractivity contribution is -0.129. The highest BCUT2D eigenvalue weighted by molar-refractivity contribution is 7.08. The Morgan fingerprint density at radius 3 is 2.84 bits per heavy atom. The van der Waals surface area contributed by atoms with E-state index in [9.17, 15) is 4.79 Å². The predicted octanol–water partition coefficient (Wildman–Crippen LogP) is 2.60. The average molecular weight is 277 g/mol. The molecule has 5 heteroatoms. The van der Waals surface area contributed by atoms with Crippen LogP contribution in [0.25, 0.3) is 11.1 Å². The van der Waals surface area contributed by atoms with Gasteiger partial charge in [-0.25, -0.2) is 0 Å². The number of hydrogen-bond donors (Lipinski definition) is 1. The molecule has 100 valence electrons. The number of ether oxygens (including phenoxy) is 2. The fraction of sp³-hybridized carbons (Fsp3) is 0.214. The second-order valence-electron chi connectivity index (χ2n) is 3.98. The van der Waals surface area contributed by atoms with E-state index in [2.05, 4.69) is 0 Å². The van der Waals surface area contributed by atoms with E-state index in [1.807, 2.05) is 35.0 Å². The van der Waals surface area contributed by atoms with Gasteiger partial charge in [0.25, 0.3) is 6.47 Å². The summed E-state index contributed by atoms with van der Waals surface area (Å²) in [7, 11) is 1.64. The van der Waals surface area contributed by atoms with E-state index in [4.69, 9.17) is 15.2 Å². The first-order chi connectivity index (χ1) is 9.27. The zero-order chi connectivity index (χ0) is 13.7. The molecule has 2 aromatic rings. The summed E-state index contributed by atoms with van der Waals surface area (Å²) in [4.78, 5) is 10.2. The predicted molar refractivity (Wildman–Crippen MR) is 75.3 cm³/mol. The van der Waals surface area contributed by atoms with Crippen LogP contribution in [-0.4, -0.2) is 20.2 Å². The second-order valence-corrected chi connectivity index (χ2v) is 4.72. The van der Waals surface area contributed by atoms with Crippen LogP contribution in [0.2, 0.25) is 0 Å². The summed E-state index contributed by atoms with van der Waals surface area (Å²) in [6, 6.07) is 7.43. The Morgan fingerprint density at radius 2 is 2.11 bits per heavy atom. The average Bonchev–Trinajstić information content (AvgIpc) is 2.94. The molecule has 1 atom stereocenters. The minimum atomic E-state index is -0.337. The van der Waals surface area contributed by atoms with Crippen LogP contribution in [0.5, 0.6) is 5.75 Å². The van der Waals surface area contributed by atoms with Gasteiger partial charge < -0.3 is 15.2 Å². The Balaban J connectivity index is 2.35. The van der Waals surface area contributed by atoms with Gasteiger partial charge >= 0.3 is 0 Å². The van der Waals surface area contributed by atoms with Gasteiger partial charge in [0.1, 0.15) is 12.4 Å². The van der Waals surface area contributed by atoms with Crippen molar-refractivity contribution in [3.05, 3.63) is 40.6 Å². The van der Waals surface area contributed by atoms with Gasteiger partial charge in [-0.1, -0.05) is 18.2 Å². The lowest BCUT2D eigenvalue weighted by atomic mass is 9.99. The van der Waals surface area contributed by atoms with Crippen LogP contribution in [-0.2, 0) is 9.53 Å². The van der Waals surface area contributed by atoms with Crippen LogP contribution in [0, 0.1) is 0 Å². The SMILES string of the molecule is COc1ccccc1-c1cscc1C(N)COC=O. The molecule has 4 nitrogen and oxygen atoms in total. The van der Waals surface area contributed by atoms with Gasteiger partial charge in [-0.05, 0) is 22.4 Å². The van der Waals surface area contributed by atoms with E-state index >= 15 is 0 Å². The van der Waals surface area contributed by atoms with E-state index in [0.29, 0.717) is 6.47 Å². The molecule has 0 aliphatic rings. The molecule has 0 amide bonds. The maximum Gasteiger partial charge on any atom is 0.293 e. The Labute approximate surface area is 115 Å². The molecule has 0 spiro atoms. The molecule has 19 heavy (non-hydrogen) atoms. The van der Waals surface area contributed by atoms with Gasteiger partial charge in [0.05, 0.1) is 13.2 Å². The van der Waals surface area contributed by atoms with Crippen molar-refractivity contribution in [3.8, 4) is 16.9 Å². The van der Waals surface area contributed by atoms with Gasteiger partial charge in [-0.2, -0.15) is 11.3 Å². The highest BCUT2D eigenvalue weighted by atomic mass is 32.1. The minimum Gasteiger partial charge on any atom is -0.496 e. The molecule has 1 unspecified atom stereocenters. The maximum atomic E-state index is 10.2. The van der Waals surface area contributed by atoms with Crippen molar-refractivity contribution in [1.82, 2.24) is 0 Å². The molecule has 0 bridgehead atoms. The van der Waals surface area contributed by atoms with Gasteiger partial charge in [0, 0.05) is 11.1 Å². The van der Waals surface area contributed by atoms with Crippen LogP contribution >= 0.6 is 11.3 Å². The van der Waals surface area contributed by atoms with Crippen molar-refractivity contribution in [2.45, 2.75) is 6.04 Å². The molecule has 2 rings (SSSR count). The smallest absolute Gasteiger partial charge is 0.293 e. The monoisotopic (exact) mass is 277 g/mol. The van der Waals surface area contributed by atoms with Crippen LogP contribution in [0.15, 0.2) is 35.0 Å². The summed E-state index contributed by atoms with van der Waals surface area (Å²) < 4.78 is 10.1. The number of carbonyl (C=O) groups excluding carboxylic acids is 1. The van der Waals surface area contributed by atoms with E-state index in [1.54, 1.807) is 18.4 Å². The topological polar surface area (TPSA) is 61.6 Å². The molecule has 0 saturated heterocycles. The van der Waals surface area contributed by atoms with Crippen LogP contribution in [0.1, 0.15) is 11.6 Å². The first-order valence-electron chi connectivity index (χ1n) is 5.78. The first kappa shape index (κ1) is 13.6. The molecule has 1 aromatic carbocycles. The molecule has 1 aromatic heterocycles. The Bertz CT molecular complexity index is 553. The number of rotatable bonds is 6. The number of thiophene rings is 1. The van der Waals surface area contributed by atoms with Crippen molar-refractivity contribution in [3.63, 3.8) is 0 Å². The lowest BCUT2D eigenvalue weighted by Gasteiger charge is -2.13. The van der Waals surface area contributed by atoms with Crippen molar-refractivity contribution in [2.75, 3.05) is 13.7 Å². The highest BCUT2D eigenvalue weighted by Gasteiger charge is 2.16. The molecule has 0 aliphatic carbocycles. The number of nitrogens with two attached hydrogens (primary N) is 1. The quantitative estimate of drug-likeness (QED) is 0.824. The second kappa shape index (κ2) is 6.36. The largest absolute Gasteiger partial charge is 0.496 e. The third-order valence-electron chi connectivity index (χ3n) is 2.83. The van der Waals surface area contributed by atoms with Crippen molar-refractivity contribution >= 4 is 17.8 Å². The van der Waals surface area contributed by atoms with Crippen molar-refractivity contribution < 1.29 is 14.3 Å². The van der Waals surface area contributed by atoms with E-state index in [1.165, 1.54) is 0 Å². The fourth-order valence-corrected chi connectivity index (χ4v) is 2.83. The van der Waals surface area contributed by atoms with E-state index in [-0.39, 0.29) is 12.6 Å². The third kappa shape index (κ3) is 2.94. The van der Waals surface area contributed by atoms with E-state index < -0.39 is 0 Å². The van der Waals surface area contributed by atoms with Crippen LogP contribution in [0.4, 0.5) is 0 Å². The molecular weight excluding hydrogens is 262 g/mol. The van der Waals surface area contributed by atoms with Crippen molar-refractivity contribution in [2.24, 2.45) is 5.73 Å². The number of hydrogen-bond acceptors (Lipinski definition) is 5.